The maximum atomic E-state index is 11.8. The Bertz CT molecular complexity index is 377. The van der Waals surface area contributed by atoms with Gasteiger partial charge in [-0.05, 0) is 61.2 Å². The molecule has 5 aliphatic rings. The molecule has 1 aliphatic heterocycles. The second-order valence-corrected chi connectivity index (χ2v) is 6.87. The van der Waals surface area contributed by atoms with Gasteiger partial charge in [0.25, 0.3) is 0 Å². The van der Waals surface area contributed by atoms with Crippen LogP contribution in [0.3, 0.4) is 0 Å². The normalized spacial score (nSPS) is 64.9. The number of carbonyl (C=O) groups is 1. The Morgan fingerprint density at radius 3 is 2.50 bits per heavy atom. The molecule has 0 radical (unpaired) electrons. The lowest BCUT2D eigenvalue weighted by atomic mass is 9.64. The van der Waals surface area contributed by atoms with Gasteiger partial charge in [0.15, 0.2) is 0 Å². The van der Waals surface area contributed by atoms with Crippen molar-refractivity contribution in [2.75, 3.05) is 6.61 Å². The number of hydrogen-bond acceptors (Lipinski definition) is 2. The van der Waals surface area contributed by atoms with E-state index in [2.05, 4.69) is 0 Å². The standard InChI is InChI=1S/C14H18O2/c15-14-13-9-4-8(10(13)5-16-14)11-6-1-2-7(3-6)12(9)11/h6-13H,1-5H2. The van der Waals surface area contributed by atoms with E-state index in [4.69, 9.17) is 4.74 Å². The highest BCUT2D eigenvalue weighted by atomic mass is 16.5. The quantitative estimate of drug-likeness (QED) is 0.459. The third-order valence-corrected chi connectivity index (χ3v) is 6.74. The summed E-state index contributed by atoms with van der Waals surface area (Å²) in [5.74, 6) is 6.63. The minimum absolute atomic E-state index is 0.152. The summed E-state index contributed by atoms with van der Waals surface area (Å²) in [5, 5.41) is 0. The number of esters is 1. The van der Waals surface area contributed by atoms with Crippen LogP contribution >= 0.6 is 0 Å². The lowest BCUT2D eigenvalue weighted by Gasteiger charge is -2.38. The van der Waals surface area contributed by atoms with Gasteiger partial charge in [-0.1, -0.05) is 0 Å². The number of hydrogen-bond donors (Lipinski definition) is 0. The summed E-state index contributed by atoms with van der Waals surface area (Å²) in [4.78, 5) is 11.8. The van der Waals surface area contributed by atoms with Crippen molar-refractivity contribution in [1.29, 1.82) is 0 Å². The molecule has 0 aromatic rings. The van der Waals surface area contributed by atoms with Crippen molar-refractivity contribution in [3.05, 3.63) is 0 Å². The molecule has 16 heavy (non-hydrogen) atoms. The van der Waals surface area contributed by atoms with E-state index >= 15 is 0 Å². The molecular formula is C14H18O2. The van der Waals surface area contributed by atoms with Crippen molar-refractivity contribution in [2.24, 2.45) is 47.3 Å². The van der Waals surface area contributed by atoms with E-state index < -0.39 is 0 Å². The third-order valence-electron chi connectivity index (χ3n) is 6.74. The molecule has 1 saturated heterocycles. The van der Waals surface area contributed by atoms with Gasteiger partial charge in [0.05, 0.1) is 12.5 Å². The Kier molecular flexibility index (Phi) is 1.33. The minimum atomic E-state index is 0.152. The fourth-order valence-corrected chi connectivity index (χ4v) is 6.56. The molecule has 86 valence electrons. The molecule has 2 nitrogen and oxygen atoms in total. The lowest BCUT2D eigenvalue weighted by molar-refractivity contribution is -0.143. The fraction of sp³-hybridized carbons (Fsp3) is 0.929. The molecule has 4 aliphatic carbocycles. The van der Waals surface area contributed by atoms with E-state index in [1.807, 2.05) is 0 Å². The first-order valence-electron chi connectivity index (χ1n) is 7.01. The summed E-state index contributed by atoms with van der Waals surface area (Å²) in [7, 11) is 0. The van der Waals surface area contributed by atoms with E-state index in [0.717, 1.165) is 42.1 Å². The van der Waals surface area contributed by atoms with Gasteiger partial charge >= 0.3 is 5.97 Å². The van der Waals surface area contributed by atoms with Crippen molar-refractivity contribution in [3.63, 3.8) is 0 Å². The van der Waals surface area contributed by atoms with Crippen LogP contribution in [0.25, 0.3) is 0 Å². The summed E-state index contributed by atoms with van der Waals surface area (Å²) in [6.07, 6.45) is 5.81. The second kappa shape index (κ2) is 2.49. The van der Waals surface area contributed by atoms with E-state index in [9.17, 15) is 4.79 Å². The van der Waals surface area contributed by atoms with E-state index in [1.54, 1.807) is 0 Å². The fourth-order valence-electron chi connectivity index (χ4n) is 6.56. The molecular weight excluding hydrogens is 200 g/mol. The zero-order valence-electron chi connectivity index (χ0n) is 9.47. The zero-order chi connectivity index (χ0) is 10.4. The van der Waals surface area contributed by atoms with E-state index in [-0.39, 0.29) is 5.97 Å². The summed E-state index contributed by atoms with van der Waals surface area (Å²) in [6.45, 7) is 0.755. The highest BCUT2D eigenvalue weighted by molar-refractivity contribution is 5.76. The molecule has 2 heteroatoms. The smallest absolute Gasteiger partial charge is 0.309 e. The average molecular weight is 218 g/mol. The average Bonchev–Trinajstić information content (AvgIpc) is 2.99. The number of cyclic esters (lactones) is 1. The Balaban J connectivity index is 1.60. The Hall–Kier alpha value is -0.530. The maximum absolute atomic E-state index is 11.8. The SMILES string of the molecule is O=C1OCC2C3CC(C12)C1C2CCC(C2)C31. The van der Waals surface area contributed by atoms with Gasteiger partial charge in [0, 0.05) is 5.92 Å². The first-order chi connectivity index (χ1) is 7.84. The predicted molar refractivity (Wildman–Crippen MR) is 57.3 cm³/mol. The van der Waals surface area contributed by atoms with Crippen molar-refractivity contribution in [2.45, 2.75) is 25.7 Å². The monoisotopic (exact) mass is 218 g/mol. The summed E-state index contributed by atoms with van der Waals surface area (Å²) in [5.41, 5.74) is 0. The molecule has 1 heterocycles. The van der Waals surface area contributed by atoms with Crippen LogP contribution in [0, 0.1) is 47.3 Å². The highest BCUT2D eigenvalue weighted by Crippen LogP contribution is 2.71. The maximum Gasteiger partial charge on any atom is 0.309 e. The largest absolute Gasteiger partial charge is 0.465 e. The lowest BCUT2D eigenvalue weighted by Crippen LogP contribution is -2.38. The van der Waals surface area contributed by atoms with E-state index in [0.29, 0.717) is 11.8 Å². The Morgan fingerprint density at radius 2 is 1.69 bits per heavy atom. The summed E-state index contributed by atoms with van der Waals surface area (Å²) in [6, 6.07) is 0. The molecule has 0 spiro atoms. The second-order valence-electron chi connectivity index (χ2n) is 6.87. The third kappa shape index (κ3) is 0.733. The van der Waals surface area contributed by atoms with Gasteiger partial charge < -0.3 is 4.74 Å². The van der Waals surface area contributed by atoms with Crippen LogP contribution < -0.4 is 0 Å². The molecule has 4 bridgehead atoms. The number of fused-ring (bicyclic) bond motifs is 12. The van der Waals surface area contributed by atoms with Gasteiger partial charge in [-0.2, -0.15) is 0 Å². The van der Waals surface area contributed by atoms with Crippen LogP contribution in [0.2, 0.25) is 0 Å². The molecule has 0 aromatic carbocycles. The van der Waals surface area contributed by atoms with Crippen LogP contribution in [-0.4, -0.2) is 12.6 Å². The van der Waals surface area contributed by atoms with E-state index in [1.165, 1.54) is 25.7 Å². The van der Waals surface area contributed by atoms with Crippen LogP contribution in [0.15, 0.2) is 0 Å². The highest BCUT2D eigenvalue weighted by Gasteiger charge is 2.68. The predicted octanol–water partition coefficient (Wildman–Crippen LogP) is 2.09. The molecule has 0 N–H and O–H groups in total. The summed E-state index contributed by atoms with van der Waals surface area (Å²) < 4.78 is 5.32. The van der Waals surface area contributed by atoms with Gasteiger partial charge in [-0.15, -0.1) is 0 Å². The van der Waals surface area contributed by atoms with Crippen molar-refractivity contribution < 1.29 is 9.53 Å². The van der Waals surface area contributed by atoms with Gasteiger partial charge in [-0.25, -0.2) is 0 Å². The Labute approximate surface area is 95.7 Å². The molecule has 0 amide bonds. The molecule has 8 atom stereocenters. The number of carbonyl (C=O) groups excluding carboxylic acids is 1. The van der Waals surface area contributed by atoms with Crippen LogP contribution in [0.5, 0.6) is 0 Å². The van der Waals surface area contributed by atoms with Gasteiger partial charge in [-0.3, -0.25) is 4.79 Å². The zero-order valence-corrected chi connectivity index (χ0v) is 9.47. The summed E-state index contributed by atoms with van der Waals surface area (Å²) >= 11 is 0. The van der Waals surface area contributed by atoms with Gasteiger partial charge in [0.1, 0.15) is 0 Å². The number of ether oxygens (including phenoxy) is 1. The molecule has 0 aromatic heterocycles. The first-order valence-corrected chi connectivity index (χ1v) is 7.01. The van der Waals surface area contributed by atoms with Crippen LogP contribution in [-0.2, 0) is 9.53 Å². The van der Waals surface area contributed by atoms with Crippen molar-refractivity contribution in [1.82, 2.24) is 0 Å². The van der Waals surface area contributed by atoms with Gasteiger partial charge in [0.2, 0.25) is 0 Å². The first kappa shape index (κ1) is 8.54. The molecule has 5 rings (SSSR count). The minimum Gasteiger partial charge on any atom is -0.465 e. The Morgan fingerprint density at radius 1 is 0.938 bits per heavy atom. The van der Waals surface area contributed by atoms with Crippen molar-refractivity contribution >= 4 is 5.97 Å². The van der Waals surface area contributed by atoms with Crippen molar-refractivity contribution in [3.8, 4) is 0 Å². The molecule has 5 fully saturated rings. The molecule has 8 unspecified atom stereocenters. The number of rotatable bonds is 0. The topological polar surface area (TPSA) is 26.3 Å². The van der Waals surface area contributed by atoms with Crippen LogP contribution in [0.4, 0.5) is 0 Å². The molecule has 4 saturated carbocycles. The van der Waals surface area contributed by atoms with Crippen LogP contribution in [0.1, 0.15) is 25.7 Å².